The van der Waals surface area contributed by atoms with E-state index >= 15 is 0 Å². The molecule has 0 radical (unpaired) electrons. The van der Waals surface area contributed by atoms with Crippen LogP contribution in [-0.2, 0) is 0 Å². The average Bonchev–Trinajstić information content (AvgIpc) is 2.61. The Morgan fingerprint density at radius 2 is 2.12 bits per heavy atom. The highest BCUT2D eigenvalue weighted by atomic mass is 15.2. The standard InChI is InChI=1S/C14H28N2/c1-4-6-15-9-12-5-7-16(10-12)11-13-8-14(13,2)3/h12-13,15H,4-11H2,1-3H3. The lowest BCUT2D eigenvalue weighted by Gasteiger charge is -2.17. The summed E-state index contributed by atoms with van der Waals surface area (Å²) in [6.07, 6.45) is 4.11. The lowest BCUT2D eigenvalue weighted by molar-refractivity contribution is 0.292. The first-order chi connectivity index (χ1) is 7.62. The molecule has 1 heterocycles. The fraction of sp³-hybridized carbons (Fsp3) is 1.00. The molecule has 0 aromatic rings. The number of nitrogens with one attached hydrogen (secondary N) is 1. The molecule has 2 unspecified atom stereocenters. The lowest BCUT2D eigenvalue weighted by Crippen LogP contribution is -2.28. The number of nitrogens with zero attached hydrogens (tertiary/aromatic N) is 1. The molecule has 0 amide bonds. The first-order valence-corrected chi connectivity index (χ1v) is 7.05. The average molecular weight is 224 g/mol. The van der Waals surface area contributed by atoms with E-state index < -0.39 is 0 Å². The zero-order chi connectivity index (χ0) is 11.6. The van der Waals surface area contributed by atoms with Gasteiger partial charge in [-0.3, -0.25) is 0 Å². The van der Waals surface area contributed by atoms with Gasteiger partial charge in [0, 0.05) is 13.1 Å². The van der Waals surface area contributed by atoms with Gasteiger partial charge in [-0.2, -0.15) is 0 Å². The summed E-state index contributed by atoms with van der Waals surface area (Å²) in [7, 11) is 0. The fourth-order valence-corrected chi connectivity index (χ4v) is 2.93. The molecule has 2 fully saturated rings. The Morgan fingerprint density at radius 1 is 1.38 bits per heavy atom. The number of hydrogen-bond acceptors (Lipinski definition) is 2. The smallest absolute Gasteiger partial charge is 0.00224 e. The Morgan fingerprint density at radius 3 is 2.75 bits per heavy atom. The molecule has 1 aliphatic carbocycles. The van der Waals surface area contributed by atoms with Crippen molar-refractivity contribution in [1.82, 2.24) is 10.2 Å². The molecule has 2 heteroatoms. The maximum absolute atomic E-state index is 3.56. The summed E-state index contributed by atoms with van der Waals surface area (Å²) in [5, 5.41) is 3.56. The van der Waals surface area contributed by atoms with Crippen molar-refractivity contribution in [3.63, 3.8) is 0 Å². The van der Waals surface area contributed by atoms with Crippen molar-refractivity contribution in [3.8, 4) is 0 Å². The third-order valence-electron chi connectivity index (χ3n) is 4.43. The van der Waals surface area contributed by atoms with Gasteiger partial charge in [-0.05, 0) is 56.1 Å². The molecule has 94 valence electrons. The predicted molar refractivity (Wildman–Crippen MR) is 69.6 cm³/mol. The SMILES string of the molecule is CCCNCC1CCN(CC2CC2(C)C)C1. The highest BCUT2D eigenvalue weighted by Crippen LogP contribution is 2.52. The largest absolute Gasteiger partial charge is 0.316 e. The molecule has 2 aliphatic rings. The Labute approximate surface area is 101 Å². The van der Waals surface area contributed by atoms with Gasteiger partial charge in [-0.25, -0.2) is 0 Å². The van der Waals surface area contributed by atoms with Crippen molar-refractivity contribution in [3.05, 3.63) is 0 Å². The van der Waals surface area contributed by atoms with Crippen molar-refractivity contribution in [2.24, 2.45) is 17.3 Å². The van der Waals surface area contributed by atoms with E-state index in [2.05, 4.69) is 31.0 Å². The quantitative estimate of drug-likeness (QED) is 0.697. The maximum atomic E-state index is 3.56. The van der Waals surface area contributed by atoms with Gasteiger partial charge in [0.2, 0.25) is 0 Å². The summed E-state index contributed by atoms with van der Waals surface area (Å²) in [4.78, 5) is 2.69. The van der Waals surface area contributed by atoms with Crippen molar-refractivity contribution in [1.29, 1.82) is 0 Å². The minimum atomic E-state index is 0.651. The summed E-state index contributed by atoms with van der Waals surface area (Å²) in [6.45, 7) is 13.5. The van der Waals surface area contributed by atoms with Gasteiger partial charge in [-0.15, -0.1) is 0 Å². The van der Waals surface area contributed by atoms with E-state index in [0.717, 1.165) is 11.8 Å². The molecule has 0 aromatic carbocycles. The van der Waals surface area contributed by atoms with Gasteiger partial charge >= 0.3 is 0 Å². The molecule has 1 saturated carbocycles. The van der Waals surface area contributed by atoms with Crippen LogP contribution in [0.25, 0.3) is 0 Å². The van der Waals surface area contributed by atoms with Crippen molar-refractivity contribution in [2.75, 3.05) is 32.7 Å². The van der Waals surface area contributed by atoms with Crippen molar-refractivity contribution >= 4 is 0 Å². The molecule has 0 spiro atoms. The van der Waals surface area contributed by atoms with Crippen LogP contribution < -0.4 is 5.32 Å². The zero-order valence-electron chi connectivity index (χ0n) is 11.3. The minimum absolute atomic E-state index is 0.651. The van der Waals surface area contributed by atoms with Crippen LogP contribution in [0.1, 0.15) is 40.0 Å². The lowest BCUT2D eigenvalue weighted by atomic mass is 10.1. The minimum Gasteiger partial charge on any atom is -0.316 e. The molecule has 2 nitrogen and oxygen atoms in total. The van der Waals surface area contributed by atoms with Crippen LogP contribution in [0.2, 0.25) is 0 Å². The molecular formula is C14H28N2. The van der Waals surface area contributed by atoms with E-state index in [0.29, 0.717) is 5.41 Å². The zero-order valence-corrected chi connectivity index (χ0v) is 11.3. The van der Waals surface area contributed by atoms with E-state index in [9.17, 15) is 0 Å². The topological polar surface area (TPSA) is 15.3 Å². The first kappa shape index (κ1) is 12.4. The van der Waals surface area contributed by atoms with Crippen LogP contribution in [0.5, 0.6) is 0 Å². The maximum Gasteiger partial charge on any atom is 0.00224 e. The molecule has 0 bridgehead atoms. The molecule has 1 aliphatic heterocycles. The second kappa shape index (κ2) is 5.05. The number of hydrogen-bond donors (Lipinski definition) is 1. The van der Waals surface area contributed by atoms with Crippen molar-refractivity contribution in [2.45, 2.75) is 40.0 Å². The monoisotopic (exact) mass is 224 g/mol. The summed E-state index contributed by atoms with van der Waals surface area (Å²) >= 11 is 0. The van der Waals surface area contributed by atoms with Crippen LogP contribution in [0.3, 0.4) is 0 Å². The Hall–Kier alpha value is -0.0800. The fourth-order valence-electron chi connectivity index (χ4n) is 2.93. The molecule has 1 saturated heterocycles. The van der Waals surface area contributed by atoms with Gasteiger partial charge in [-0.1, -0.05) is 20.8 Å². The second-order valence-corrected chi connectivity index (χ2v) is 6.51. The molecular weight excluding hydrogens is 196 g/mol. The molecule has 2 rings (SSSR count). The highest BCUT2D eigenvalue weighted by molar-refractivity contribution is 4.97. The van der Waals surface area contributed by atoms with Crippen LogP contribution in [0, 0.1) is 17.3 Å². The van der Waals surface area contributed by atoms with Gasteiger partial charge in [0.15, 0.2) is 0 Å². The van der Waals surface area contributed by atoms with Crippen LogP contribution >= 0.6 is 0 Å². The van der Waals surface area contributed by atoms with Gasteiger partial charge < -0.3 is 10.2 Å². The normalized spacial score (nSPS) is 33.2. The summed E-state index contributed by atoms with van der Waals surface area (Å²) < 4.78 is 0. The van der Waals surface area contributed by atoms with Gasteiger partial charge in [0.25, 0.3) is 0 Å². The van der Waals surface area contributed by atoms with Crippen LogP contribution in [-0.4, -0.2) is 37.6 Å². The van der Waals surface area contributed by atoms with E-state index in [1.807, 2.05) is 0 Å². The third kappa shape index (κ3) is 3.21. The molecule has 2 atom stereocenters. The van der Waals surface area contributed by atoms with E-state index in [-0.39, 0.29) is 0 Å². The van der Waals surface area contributed by atoms with E-state index in [1.165, 1.54) is 52.0 Å². The Bertz CT molecular complexity index is 225. The Kier molecular flexibility index (Phi) is 3.91. The van der Waals surface area contributed by atoms with Crippen LogP contribution in [0.15, 0.2) is 0 Å². The first-order valence-electron chi connectivity index (χ1n) is 7.05. The molecule has 0 aromatic heterocycles. The number of likely N-dealkylation sites (tertiary alicyclic amines) is 1. The predicted octanol–water partition coefficient (Wildman–Crippen LogP) is 2.35. The van der Waals surface area contributed by atoms with E-state index in [1.54, 1.807) is 0 Å². The summed E-state index contributed by atoms with van der Waals surface area (Å²) in [5.74, 6) is 1.89. The highest BCUT2D eigenvalue weighted by Gasteiger charge is 2.46. The summed E-state index contributed by atoms with van der Waals surface area (Å²) in [6, 6.07) is 0. The van der Waals surface area contributed by atoms with E-state index in [4.69, 9.17) is 0 Å². The third-order valence-corrected chi connectivity index (χ3v) is 4.43. The second-order valence-electron chi connectivity index (χ2n) is 6.51. The van der Waals surface area contributed by atoms with Gasteiger partial charge in [0.05, 0.1) is 0 Å². The van der Waals surface area contributed by atoms with Crippen molar-refractivity contribution < 1.29 is 0 Å². The molecule has 1 N–H and O–H groups in total. The Balaban J connectivity index is 1.61. The van der Waals surface area contributed by atoms with Gasteiger partial charge in [0.1, 0.15) is 0 Å². The molecule has 16 heavy (non-hydrogen) atoms. The van der Waals surface area contributed by atoms with Crippen LogP contribution in [0.4, 0.5) is 0 Å². The number of rotatable bonds is 6. The summed E-state index contributed by atoms with van der Waals surface area (Å²) in [5.41, 5.74) is 0.651.